The SMILES string of the molecule is NCC1(c2c(O)cc(F)cc2F)CC1. The molecule has 0 unspecified atom stereocenters. The van der Waals surface area contributed by atoms with Gasteiger partial charge in [0.15, 0.2) is 0 Å². The second-order valence-corrected chi connectivity index (χ2v) is 3.77. The second kappa shape index (κ2) is 2.92. The Labute approximate surface area is 80.4 Å². The third-order valence-electron chi connectivity index (χ3n) is 2.81. The normalized spacial score (nSPS) is 18.2. The van der Waals surface area contributed by atoms with Crippen molar-refractivity contribution in [1.29, 1.82) is 0 Å². The number of phenols is 1. The van der Waals surface area contributed by atoms with E-state index in [0.29, 0.717) is 0 Å². The summed E-state index contributed by atoms with van der Waals surface area (Å²) in [6.07, 6.45) is 1.50. The van der Waals surface area contributed by atoms with Gasteiger partial charge in [-0.05, 0) is 12.8 Å². The van der Waals surface area contributed by atoms with Crippen molar-refractivity contribution in [2.24, 2.45) is 5.73 Å². The summed E-state index contributed by atoms with van der Waals surface area (Å²) in [5.41, 5.74) is 5.22. The van der Waals surface area contributed by atoms with E-state index in [-0.39, 0.29) is 17.9 Å². The van der Waals surface area contributed by atoms with E-state index in [9.17, 15) is 13.9 Å². The number of hydrogen-bond acceptors (Lipinski definition) is 2. The average Bonchev–Trinajstić information content (AvgIpc) is 2.83. The Bertz CT molecular complexity index is 351. The molecule has 14 heavy (non-hydrogen) atoms. The number of aromatic hydroxyl groups is 1. The summed E-state index contributed by atoms with van der Waals surface area (Å²) < 4.78 is 26.1. The second-order valence-electron chi connectivity index (χ2n) is 3.77. The van der Waals surface area contributed by atoms with Crippen LogP contribution in [0.25, 0.3) is 0 Å². The molecule has 0 atom stereocenters. The Morgan fingerprint density at radius 2 is 2.00 bits per heavy atom. The largest absolute Gasteiger partial charge is 0.507 e. The van der Waals surface area contributed by atoms with Crippen LogP contribution in [0.15, 0.2) is 12.1 Å². The first kappa shape index (κ1) is 9.40. The molecule has 1 aromatic rings. The van der Waals surface area contributed by atoms with E-state index in [0.717, 1.165) is 25.0 Å². The third kappa shape index (κ3) is 1.26. The van der Waals surface area contributed by atoms with Crippen molar-refractivity contribution in [2.45, 2.75) is 18.3 Å². The zero-order chi connectivity index (χ0) is 10.3. The third-order valence-corrected chi connectivity index (χ3v) is 2.81. The lowest BCUT2D eigenvalue weighted by molar-refractivity contribution is 0.437. The average molecular weight is 199 g/mol. The maximum Gasteiger partial charge on any atom is 0.133 e. The van der Waals surface area contributed by atoms with Gasteiger partial charge >= 0.3 is 0 Å². The summed E-state index contributed by atoms with van der Waals surface area (Å²) in [6.45, 7) is 0.281. The molecule has 1 aliphatic carbocycles. The van der Waals surface area contributed by atoms with Crippen LogP contribution in [0.3, 0.4) is 0 Å². The molecule has 0 amide bonds. The Kier molecular flexibility index (Phi) is 1.96. The van der Waals surface area contributed by atoms with Gasteiger partial charge in [0.05, 0.1) is 0 Å². The zero-order valence-electron chi connectivity index (χ0n) is 7.56. The minimum absolute atomic E-state index is 0.168. The van der Waals surface area contributed by atoms with Crippen molar-refractivity contribution in [3.8, 4) is 5.75 Å². The maximum absolute atomic E-state index is 13.4. The first-order valence-corrected chi connectivity index (χ1v) is 4.48. The van der Waals surface area contributed by atoms with Crippen molar-refractivity contribution in [1.82, 2.24) is 0 Å². The number of halogens is 2. The number of rotatable bonds is 2. The molecule has 1 fully saturated rings. The van der Waals surface area contributed by atoms with Crippen molar-refractivity contribution in [3.63, 3.8) is 0 Å². The van der Waals surface area contributed by atoms with Crippen LogP contribution in [-0.2, 0) is 5.41 Å². The topological polar surface area (TPSA) is 46.2 Å². The van der Waals surface area contributed by atoms with Gasteiger partial charge < -0.3 is 10.8 Å². The van der Waals surface area contributed by atoms with Crippen LogP contribution in [0.1, 0.15) is 18.4 Å². The van der Waals surface area contributed by atoms with Gasteiger partial charge in [-0.2, -0.15) is 0 Å². The van der Waals surface area contributed by atoms with Gasteiger partial charge in [-0.3, -0.25) is 0 Å². The van der Waals surface area contributed by atoms with Gasteiger partial charge in [-0.1, -0.05) is 0 Å². The molecule has 3 N–H and O–H groups in total. The minimum Gasteiger partial charge on any atom is -0.507 e. The number of benzene rings is 1. The Balaban J connectivity index is 2.53. The highest BCUT2D eigenvalue weighted by atomic mass is 19.1. The van der Waals surface area contributed by atoms with Gasteiger partial charge in [0, 0.05) is 29.7 Å². The van der Waals surface area contributed by atoms with Gasteiger partial charge in [0.25, 0.3) is 0 Å². The van der Waals surface area contributed by atoms with Crippen LogP contribution in [-0.4, -0.2) is 11.7 Å². The zero-order valence-corrected chi connectivity index (χ0v) is 7.56. The molecule has 1 aromatic carbocycles. The number of nitrogens with two attached hydrogens (primary N) is 1. The van der Waals surface area contributed by atoms with Crippen LogP contribution < -0.4 is 5.73 Å². The van der Waals surface area contributed by atoms with E-state index in [2.05, 4.69) is 0 Å². The molecular weight excluding hydrogens is 188 g/mol. The predicted molar refractivity (Wildman–Crippen MR) is 48.0 cm³/mol. The Morgan fingerprint density at radius 1 is 1.36 bits per heavy atom. The summed E-state index contributed by atoms with van der Waals surface area (Å²) in [5, 5.41) is 9.44. The van der Waals surface area contributed by atoms with E-state index < -0.39 is 17.0 Å². The fourth-order valence-electron chi connectivity index (χ4n) is 1.79. The summed E-state index contributed by atoms with van der Waals surface area (Å²) in [5.74, 6) is -1.80. The Hall–Kier alpha value is -1.16. The molecule has 0 radical (unpaired) electrons. The molecule has 2 rings (SSSR count). The van der Waals surface area contributed by atoms with Gasteiger partial charge in [0.1, 0.15) is 17.4 Å². The van der Waals surface area contributed by atoms with Crippen molar-refractivity contribution < 1.29 is 13.9 Å². The summed E-state index contributed by atoms with van der Waals surface area (Å²) in [7, 11) is 0. The van der Waals surface area contributed by atoms with Crippen LogP contribution in [0.4, 0.5) is 8.78 Å². The van der Waals surface area contributed by atoms with Crippen molar-refractivity contribution >= 4 is 0 Å². The molecule has 1 saturated carbocycles. The molecule has 0 bridgehead atoms. The molecular formula is C10H11F2NO. The lowest BCUT2D eigenvalue weighted by Crippen LogP contribution is -2.21. The van der Waals surface area contributed by atoms with E-state index in [1.54, 1.807) is 0 Å². The summed E-state index contributed by atoms with van der Waals surface area (Å²) in [6, 6.07) is 1.71. The summed E-state index contributed by atoms with van der Waals surface area (Å²) >= 11 is 0. The van der Waals surface area contributed by atoms with E-state index in [4.69, 9.17) is 5.73 Å². The van der Waals surface area contributed by atoms with E-state index >= 15 is 0 Å². The smallest absolute Gasteiger partial charge is 0.133 e. The minimum atomic E-state index is -0.767. The molecule has 0 saturated heterocycles. The van der Waals surface area contributed by atoms with Crippen LogP contribution in [0, 0.1) is 11.6 Å². The van der Waals surface area contributed by atoms with Crippen molar-refractivity contribution in [2.75, 3.05) is 6.54 Å². The quantitative estimate of drug-likeness (QED) is 0.760. The van der Waals surface area contributed by atoms with Crippen molar-refractivity contribution in [3.05, 3.63) is 29.3 Å². The molecule has 2 nitrogen and oxygen atoms in total. The Morgan fingerprint density at radius 3 is 2.43 bits per heavy atom. The van der Waals surface area contributed by atoms with Crippen LogP contribution >= 0.6 is 0 Å². The highest BCUT2D eigenvalue weighted by Crippen LogP contribution is 2.51. The maximum atomic E-state index is 13.4. The molecule has 0 aliphatic heterocycles. The number of phenolic OH excluding ortho intramolecular Hbond substituents is 1. The first-order valence-electron chi connectivity index (χ1n) is 4.48. The molecule has 1 aliphatic rings. The lowest BCUT2D eigenvalue weighted by Gasteiger charge is -2.15. The highest BCUT2D eigenvalue weighted by Gasteiger charge is 2.46. The van der Waals surface area contributed by atoms with E-state index in [1.807, 2.05) is 0 Å². The van der Waals surface area contributed by atoms with E-state index in [1.165, 1.54) is 0 Å². The fourth-order valence-corrected chi connectivity index (χ4v) is 1.79. The lowest BCUT2D eigenvalue weighted by atomic mass is 9.94. The van der Waals surface area contributed by atoms with Crippen LogP contribution in [0.2, 0.25) is 0 Å². The summed E-state index contributed by atoms with van der Waals surface area (Å²) in [4.78, 5) is 0. The molecule has 0 aromatic heterocycles. The predicted octanol–water partition coefficient (Wildman–Crippen LogP) is 1.66. The molecule has 76 valence electrons. The van der Waals surface area contributed by atoms with Gasteiger partial charge in [0.2, 0.25) is 0 Å². The molecule has 0 heterocycles. The van der Waals surface area contributed by atoms with Gasteiger partial charge in [-0.15, -0.1) is 0 Å². The fraction of sp³-hybridized carbons (Fsp3) is 0.400. The monoisotopic (exact) mass is 199 g/mol. The van der Waals surface area contributed by atoms with Crippen LogP contribution in [0.5, 0.6) is 5.75 Å². The standard InChI is InChI=1S/C10H11F2NO/c11-6-3-7(12)9(8(14)4-6)10(5-13)1-2-10/h3-4,14H,1-2,5,13H2. The molecule has 0 spiro atoms. The molecule has 4 heteroatoms. The van der Waals surface area contributed by atoms with Gasteiger partial charge in [-0.25, -0.2) is 8.78 Å². The first-order chi connectivity index (χ1) is 6.59. The number of hydrogen-bond donors (Lipinski definition) is 2. The highest BCUT2D eigenvalue weighted by molar-refractivity contribution is 5.44.